The van der Waals surface area contributed by atoms with Crippen LogP contribution < -0.4 is 5.32 Å². The Morgan fingerprint density at radius 2 is 2.19 bits per heavy atom. The van der Waals surface area contributed by atoms with Crippen LogP contribution in [0.15, 0.2) is 18.6 Å². The van der Waals surface area contributed by atoms with E-state index in [-0.39, 0.29) is 18.1 Å². The number of likely N-dealkylation sites (tertiary alicyclic amines) is 1. The Bertz CT molecular complexity index is 787. The number of thiazole rings is 1. The van der Waals surface area contributed by atoms with E-state index in [0.717, 1.165) is 24.8 Å². The summed E-state index contributed by atoms with van der Waals surface area (Å²) < 4.78 is 6.46. The Morgan fingerprint density at radius 1 is 1.38 bits per heavy atom. The fourth-order valence-electron chi connectivity index (χ4n) is 3.15. The van der Waals surface area contributed by atoms with Gasteiger partial charge in [0, 0.05) is 25.4 Å². The zero-order valence-electron chi connectivity index (χ0n) is 15.1. The standard InChI is InChI=1S/C17H23N5O3S/c1-11(15-18-9-14(26-15)16(23)25-3)20-17(24)22-7-5-4-6-13(22)12-8-19-21(2)10-12/h8-11,13H,4-7H2,1-3H3,(H,20,24). The van der Waals surface area contributed by atoms with Crippen LogP contribution in [-0.4, -0.2) is 45.3 Å². The predicted molar refractivity (Wildman–Crippen MR) is 96.9 cm³/mol. The summed E-state index contributed by atoms with van der Waals surface area (Å²) in [6.45, 7) is 2.57. The Hall–Kier alpha value is -2.42. The highest BCUT2D eigenvalue weighted by atomic mass is 32.1. The second kappa shape index (κ2) is 7.86. The van der Waals surface area contributed by atoms with Crippen LogP contribution in [0.4, 0.5) is 4.79 Å². The van der Waals surface area contributed by atoms with E-state index in [9.17, 15) is 9.59 Å². The molecule has 8 nitrogen and oxygen atoms in total. The van der Waals surface area contributed by atoms with Crippen molar-refractivity contribution in [2.24, 2.45) is 7.05 Å². The largest absolute Gasteiger partial charge is 0.465 e. The monoisotopic (exact) mass is 377 g/mol. The lowest BCUT2D eigenvalue weighted by Gasteiger charge is -2.35. The summed E-state index contributed by atoms with van der Waals surface area (Å²) in [6, 6.07) is -0.380. The van der Waals surface area contributed by atoms with E-state index in [1.165, 1.54) is 24.6 Å². The smallest absolute Gasteiger partial charge is 0.349 e. The molecular weight excluding hydrogens is 354 g/mol. The second-order valence-corrected chi connectivity index (χ2v) is 7.44. The maximum atomic E-state index is 12.8. The van der Waals surface area contributed by atoms with Gasteiger partial charge in [-0.1, -0.05) is 0 Å². The molecule has 1 aliphatic rings. The minimum atomic E-state index is -0.417. The molecule has 0 radical (unpaired) electrons. The molecule has 3 heterocycles. The number of carbonyl (C=O) groups is 2. The van der Waals surface area contributed by atoms with Crippen molar-refractivity contribution >= 4 is 23.3 Å². The number of methoxy groups -OCH3 is 1. The van der Waals surface area contributed by atoms with E-state index in [1.54, 1.807) is 4.68 Å². The Morgan fingerprint density at radius 3 is 2.88 bits per heavy atom. The lowest BCUT2D eigenvalue weighted by atomic mass is 9.98. The first-order valence-corrected chi connectivity index (χ1v) is 9.41. The molecule has 2 unspecified atom stereocenters. The topological polar surface area (TPSA) is 89.3 Å². The van der Waals surface area contributed by atoms with E-state index in [4.69, 9.17) is 4.74 Å². The zero-order chi connectivity index (χ0) is 18.7. The maximum absolute atomic E-state index is 12.8. The molecule has 140 valence electrons. The highest BCUT2D eigenvalue weighted by molar-refractivity contribution is 7.13. The number of hydrogen-bond acceptors (Lipinski definition) is 6. The van der Waals surface area contributed by atoms with Gasteiger partial charge in [-0.15, -0.1) is 11.3 Å². The van der Waals surface area contributed by atoms with Gasteiger partial charge in [-0.2, -0.15) is 5.10 Å². The van der Waals surface area contributed by atoms with Crippen molar-refractivity contribution in [3.63, 3.8) is 0 Å². The summed E-state index contributed by atoms with van der Waals surface area (Å²) in [5.74, 6) is -0.417. The Balaban J connectivity index is 1.69. The van der Waals surface area contributed by atoms with Crippen molar-refractivity contribution in [2.75, 3.05) is 13.7 Å². The minimum Gasteiger partial charge on any atom is -0.465 e. The van der Waals surface area contributed by atoms with Crippen molar-refractivity contribution < 1.29 is 14.3 Å². The molecule has 9 heteroatoms. The van der Waals surface area contributed by atoms with Gasteiger partial charge in [0.15, 0.2) is 0 Å². The molecule has 26 heavy (non-hydrogen) atoms. The van der Waals surface area contributed by atoms with Gasteiger partial charge in [0.05, 0.1) is 31.6 Å². The van der Waals surface area contributed by atoms with Gasteiger partial charge in [0.2, 0.25) is 0 Å². The van der Waals surface area contributed by atoms with E-state index in [2.05, 4.69) is 15.4 Å². The van der Waals surface area contributed by atoms with Crippen molar-refractivity contribution in [1.82, 2.24) is 25.0 Å². The van der Waals surface area contributed by atoms with Crippen molar-refractivity contribution in [3.8, 4) is 0 Å². The number of nitrogens with one attached hydrogen (secondary N) is 1. The van der Waals surface area contributed by atoms with Gasteiger partial charge in [0.25, 0.3) is 0 Å². The van der Waals surface area contributed by atoms with Crippen molar-refractivity contribution in [1.29, 1.82) is 0 Å². The maximum Gasteiger partial charge on any atom is 0.349 e. The fourth-order valence-corrected chi connectivity index (χ4v) is 3.98. The lowest BCUT2D eigenvalue weighted by molar-refractivity contribution is 0.0606. The van der Waals surface area contributed by atoms with Crippen LogP contribution in [0.1, 0.15) is 58.5 Å². The molecule has 0 aromatic carbocycles. The molecule has 2 aromatic rings. The fraction of sp³-hybridized carbons (Fsp3) is 0.529. The zero-order valence-corrected chi connectivity index (χ0v) is 16.0. The Kier molecular flexibility index (Phi) is 5.55. The number of aryl methyl sites for hydroxylation is 1. The molecule has 0 saturated carbocycles. The average Bonchev–Trinajstić information content (AvgIpc) is 3.30. The van der Waals surface area contributed by atoms with Crippen LogP contribution in [0.2, 0.25) is 0 Å². The molecule has 1 saturated heterocycles. The quantitative estimate of drug-likeness (QED) is 0.828. The molecule has 0 bridgehead atoms. The Labute approximate surface area is 156 Å². The van der Waals surface area contributed by atoms with Crippen LogP contribution >= 0.6 is 11.3 Å². The molecule has 1 aliphatic heterocycles. The lowest BCUT2D eigenvalue weighted by Crippen LogP contribution is -2.45. The third-order valence-corrected chi connectivity index (χ3v) is 5.65. The summed E-state index contributed by atoms with van der Waals surface area (Å²) in [7, 11) is 3.21. The molecular formula is C17H23N5O3S. The third-order valence-electron chi connectivity index (χ3n) is 4.49. The predicted octanol–water partition coefficient (Wildman–Crippen LogP) is 2.66. The summed E-state index contributed by atoms with van der Waals surface area (Å²) in [4.78, 5) is 30.9. The van der Waals surface area contributed by atoms with Crippen LogP contribution in [0, 0.1) is 0 Å². The highest BCUT2D eigenvalue weighted by Gasteiger charge is 2.30. The van der Waals surface area contributed by atoms with Crippen molar-refractivity contribution in [3.05, 3.63) is 34.0 Å². The van der Waals surface area contributed by atoms with Gasteiger partial charge < -0.3 is 15.0 Å². The normalized spacial score (nSPS) is 18.4. The number of piperidine rings is 1. The summed E-state index contributed by atoms with van der Waals surface area (Å²) in [5.41, 5.74) is 1.05. The van der Waals surface area contributed by atoms with Gasteiger partial charge >= 0.3 is 12.0 Å². The van der Waals surface area contributed by atoms with Crippen LogP contribution in [0.25, 0.3) is 0 Å². The molecule has 1 N–H and O–H groups in total. The number of rotatable bonds is 4. The van der Waals surface area contributed by atoms with E-state index < -0.39 is 5.97 Å². The van der Waals surface area contributed by atoms with Gasteiger partial charge in [0.1, 0.15) is 9.88 Å². The highest BCUT2D eigenvalue weighted by Crippen LogP contribution is 2.31. The number of ether oxygens (including phenoxy) is 1. The summed E-state index contributed by atoms with van der Waals surface area (Å²) in [6.07, 6.45) is 8.27. The number of carbonyl (C=O) groups excluding carboxylic acids is 2. The second-order valence-electron chi connectivity index (χ2n) is 6.38. The summed E-state index contributed by atoms with van der Waals surface area (Å²) in [5, 5.41) is 7.90. The third kappa shape index (κ3) is 3.87. The molecule has 2 amide bonds. The molecule has 0 spiro atoms. The molecule has 0 aliphatic carbocycles. The minimum absolute atomic E-state index is 0.0339. The van der Waals surface area contributed by atoms with Gasteiger partial charge in [-0.25, -0.2) is 14.6 Å². The molecule has 1 fully saturated rings. The number of hydrogen-bond donors (Lipinski definition) is 1. The SMILES string of the molecule is COC(=O)c1cnc(C(C)NC(=O)N2CCCCC2c2cnn(C)c2)s1. The van der Waals surface area contributed by atoms with Crippen LogP contribution in [0.3, 0.4) is 0 Å². The average molecular weight is 377 g/mol. The van der Waals surface area contributed by atoms with E-state index in [1.807, 2.05) is 31.3 Å². The first kappa shape index (κ1) is 18.4. The molecule has 2 atom stereocenters. The molecule has 3 rings (SSSR count). The number of esters is 1. The molecule has 2 aromatic heterocycles. The number of amides is 2. The van der Waals surface area contributed by atoms with E-state index in [0.29, 0.717) is 16.4 Å². The first-order valence-electron chi connectivity index (χ1n) is 8.59. The number of nitrogens with zero attached hydrogens (tertiary/aromatic N) is 4. The van der Waals surface area contributed by atoms with Crippen LogP contribution in [-0.2, 0) is 11.8 Å². The van der Waals surface area contributed by atoms with Crippen LogP contribution in [0.5, 0.6) is 0 Å². The van der Waals surface area contributed by atoms with Gasteiger partial charge in [-0.3, -0.25) is 4.68 Å². The number of urea groups is 1. The first-order chi connectivity index (χ1) is 12.5. The summed E-state index contributed by atoms with van der Waals surface area (Å²) >= 11 is 1.23. The van der Waals surface area contributed by atoms with Crippen molar-refractivity contribution in [2.45, 2.75) is 38.3 Å². The van der Waals surface area contributed by atoms with Gasteiger partial charge in [-0.05, 0) is 26.2 Å². The number of aromatic nitrogens is 3. The van der Waals surface area contributed by atoms with E-state index >= 15 is 0 Å².